The van der Waals surface area contributed by atoms with Crippen molar-refractivity contribution in [2.24, 2.45) is 0 Å². The Hall–Kier alpha value is -1.97. The average molecular weight is 488 g/mol. The molecule has 1 atom stereocenters. The first-order chi connectivity index (χ1) is 13.0. The van der Waals surface area contributed by atoms with Crippen molar-refractivity contribution in [2.75, 3.05) is 20.3 Å². The zero-order valence-corrected chi connectivity index (χ0v) is 18.1. The molecule has 0 unspecified atom stereocenters. The number of rotatable bonds is 8. The molecule has 2 N–H and O–H groups in total. The van der Waals surface area contributed by atoms with Crippen molar-refractivity contribution in [3.05, 3.63) is 32.5 Å². The van der Waals surface area contributed by atoms with Gasteiger partial charge in [-0.2, -0.15) is 0 Å². The van der Waals surface area contributed by atoms with Crippen LogP contribution >= 0.6 is 22.6 Å². The molecule has 148 valence electrons. The molecule has 1 heterocycles. The second-order valence-corrected chi connectivity index (χ2v) is 7.02. The SMILES string of the molecule is CCCC1=C(C(=O)OCC)[C@H](c2cc(I)c(OCC)c(OC)c2)NC(=O)N1. The minimum atomic E-state index is -0.627. The molecule has 0 aromatic heterocycles. The number of methoxy groups -OCH3 is 1. The lowest BCUT2D eigenvalue weighted by molar-refractivity contribution is -0.139. The van der Waals surface area contributed by atoms with Crippen LogP contribution in [0.2, 0.25) is 0 Å². The Bertz CT molecular complexity index is 748. The first kappa shape index (κ1) is 21.3. The van der Waals surface area contributed by atoms with Gasteiger partial charge in [-0.05, 0) is 60.6 Å². The Morgan fingerprint density at radius 2 is 1.96 bits per heavy atom. The molecule has 1 aromatic rings. The van der Waals surface area contributed by atoms with Crippen LogP contribution in [0.3, 0.4) is 0 Å². The molecule has 0 fully saturated rings. The fraction of sp³-hybridized carbons (Fsp3) is 0.474. The van der Waals surface area contributed by atoms with Crippen LogP contribution in [0.15, 0.2) is 23.4 Å². The van der Waals surface area contributed by atoms with Gasteiger partial charge < -0.3 is 24.8 Å². The van der Waals surface area contributed by atoms with Gasteiger partial charge in [-0.15, -0.1) is 0 Å². The summed E-state index contributed by atoms with van der Waals surface area (Å²) in [6, 6.07) is 2.69. The molecule has 0 radical (unpaired) electrons. The number of halogens is 1. The van der Waals surface area contributed by atoms with Gasteiger partial charge in [0.05, 0.1) is 35.5 Å². The lowest BCUT2D eigenvalue weighted by Crippen LogP contribution is -2.46. The standard InChI is InChI=1S/C19H25IN2O5/c1-5-8-13-15(18(23)27-7-3)16(22-19(24)21-13)11-9-12(20)17(26-6-2)14(10-11)25-4/h9-10,16H,5-8H2,1-4H3,(H2,21,22,24)/t16-/m0/s1. The molecule has 2 amide bonds. The van der Waals surface area contributed by atoms with Gasteiger partial charge in [0.25, 0.3) is 0 Å². The first-order valence-corrected chi connectivity index (χ1v) is 10.0. The van der Waals surface area contributed by atoms with E-state index in [4.69, 9.17) is 14.2 Å². The molecular weight excluding hydrogens is 463 g/mol. The van der Waals surface area contributed by atoms with Crippen molar-refractivity contribution in [1.29, 1.82) is 0 Å². The number of hydrogen-bond donors (Lipinski definition) is 2. The highest BCUT2D eigenvalue weighted by Gasteiger charge is 2.34. The maximum absolute atomic E-state index is 12.7. The summed E-state index contributed by atoms with van der Waals surface area (Å²) in [7, 11) is 1.56. The third-order valence-electron chi connectivity index (χ3n) is 4.02. The monoisotopic (exact) mass is 488 g/mol. The van der Waals surface area contributed by atoms with E-state index in [1.54, 1.807) is 20.1 Å². The van der Waals surface area contributed by atoms with Gasteiger partial charge in [-0.1, -0.05) is 13.3 Å². The minimum absolute atomic E-state index is 0.256. The van der Waals surface area contributed by atoms with Gasteiger partial charge >= 0.3 is 12.0 Å². The summed E-state index contributed by atoms with van der Waals surface area (Å²) >= 11 is 2.16. The summed E-state index contributed by atoms with van der Waals surface area (Å²) in [6.45, 7) is 6.40. The topological polar surface area (TPSA) is 85.9 Å². The smallest absolute Gasteiger partial charge is 0.338 e. The number of carbonyl (C=O) groups excluding carboxylic acids is 2. The van der Waals surface area contributed by atoms with E-state index in [1.807, 2.05) is 19.9 Å². The molecule has 1 aromatic carbocycles. The average Bonchev–Trinajstić information content (AvgIpc) is 2.63. The molecule has 8 heteroatoms. The lowest BCUT2D eigenvalue weighted by atomic mass is 9.93. The van der Waals surface area contributed by atoms with E-state index in [1.165, 1.54) is 0 Å². The predicted octanol–water partition coefficient (Wildman–Crippen LogP) is 3.67. The van der Waals surface area contributed by atoms with Crippen LogP contribution < -0.4 is 20.1 Å². The van der Waals surface area contributed by atoms with E-state index in [0.29, 0.717) is 35.8 Å². The molecule has 2 rings (SSSR count). The number of nitrogens with one attached hydrogen (secondary N) is 2. The van der Waals surface area contributed by atoms with E-state index in [0.717, 1.165) is 15.6 Å². The van der Waals surface area contributed by atoms with Crippen LogP contribution in [0.5, 0.6) is 11.5 Å². The number of allylic oxidation sites excluding steroid dienone is 1. The number of ether oxygens (including phenoxy) is 3. The summed E-state index contributed by atoms with van der Waals surface area (Å²) in [6.07, 6.45) is 1.36. The largest absolute Gasteiger partial charge is 0.493 e. The van der Waals surface area contributed by atoms with Crippen LogP contribution in [0.25, 0.3) is 0 Å². The van der Waals surface area contributed by atoms with E-state index >= 15 is 0 Å². The predicted molar refractivity (Wildman–Crippen MR) is 110 cm³/mol. The minimum Gasteiger partial charge on any atom is -0.493 e. The van der Waals surface area contributed by atoms with E-state index in [-0.39, 0.29) is 12.6 Å². The van der Waals surface area contributed by atoms with Crippen molar-refractivity contribution in [1.82, 2.24) is 10.6 Å². The highest BCUT2D eigenvalue weighted by Crippen LogP contribution is 2.38. The summed E-state index contributed by atoms with van der Waals surface area (Å²) in [5.41, 5.74) is 1.74. The Morgan fingerprint density at radius 1 is 1.22 bits per heavy atom. The number of urea groups is 1. The van der Waals surface area contributed by atoms with Crippen molar-refractivity contribution in [3.63, 3.8) is 0 Å². The van der Waals surface area contributed by atoms with Gasteiger partial charge in [0.2, 0.25) is 0 Å². The Morgan fingerprint density at radius 3 is 2.56 bits per heavy atom. The second-order valence-electron chi connectivity index (χ2n) is 5.86. The van der Waals surface area contributed by atoms with Gasteiger partial charge in [0.1, 0.15) is 0 Å². The van der Waals surface area contributed by atoms with Gasteiger partial charge in [-0.3, -0.25) is 0 Å². The van der Waals surface area contributed by atoms with E-state index in [9.17, 15) is 9.59 Å². The molecule has 27 heavy (non-hydrogen) atoms. The third kappa shape index (κ3) is 4.85. The number of hydrogen-bond acceptors (Lipinski definition) is 5. The van der Waals surface area contributed by atoms with Crippen molar-refractivity contribution >= 4 is 34.6 Å². The van der Waals surface area contributed by atoms with Crippen LogP contribution in [0, 0.1) is 3.57 Å². The summed E-state index contributed by atoms with van der Waals surface area (Å²) in [5, 5.41) is 5.58. The number of esters is 1. The molecule has 7 nitrogen and oxygen atoms in total. The molecule has 1 aliphatic heterocycles. The summed E-state index contributed by atoms with van der Waals surface area (Å²) in [4.78, 5) is 24.9. The molecule has 0 saturated carbocycles. The lowest BCUT2D eigenvalue weighted by Gasteiger charge is -2.30. The normalized spacial score (nSPS) is 16.5. The van der Waals surface area contributed by atoms with Crippen molar-refractivity contribution in [2.45, 2.75) is 39.7 Å². The van der Waals surface area contributed by atoms with Crippen LogP contribution in [-0.2, 0) is 9.53 Å². The van der Waals surface area contributed by atoms with Crippen LogP contribution in [-0.4, -0.2) is 32.3 Å². The fourth-order valence-corrected chi connectivity index (χ4v) is 3.74. The second kappa shape index (κ2) is 9.82. The molecular formula is C19H25IN2O5. The first-order valence-electron chi connectivity index (χ1n) is 8.94. The maximum atomic E-state index is 12.7. The molecule has 0 aliphatic carbocycles. The number of carbonyl (C=O) groups is 2. The van der Waals surface area contributed by atoms with Crippen LogP contribution in [0.1, 0.15) is 45.2 Å². The maximum Gasteiger partial charge on any atom is 0.338 e. The van der Waals surface area contributed by atoms with Crippen LogP contribution in [0.4, 0.5) is 4.79 Å². The fourth-order valence-electron chi connectivity index (χ4n) is 2.96. The van der Waals surface area contributed by atoms with E-state index in [2.05, 4.69) is 33.2 Å². The number of amides is 2. The molecule has 1 aliphatic rings. The van der Waals surface area contributed by atoms with Gasteiger partial charge in [0.15, 0.2) is 11.5 Å². The summed E-state index contributed by atoms with van der Waals surface area (Å²) in [5.74, 6) is 0.744. The Balaban J connectivity index is 2.58. The van der Waals surface area contributed by atoms with Gasteiger partial charge in [-0.25, -0.2) is 9.59 Å². The van der Waals surface area contributed by atoms with Gasteiger partial charge in [0, 0.05) is 5.70 Å². The highest BCUT2D eigenvalue weighted by atomic mass is 127. The Labute approximate surface area is 173 Å². The quantitative estimate of drug-likeness (QED) is 0.431. The highest BCUT2D eigenvalue weighted by molar-refractivity contribution is 14.1. The molecule has 0 bridgehead atoms. The zero-order valence-electron chi connectivity index (χ0n) is 16.0. The molecule has 0 saturated heterocycles. The zero-order chi connectivity index (χ0) is 20.0. The Kier molecular flexibility index (Phi) is 7.76. The van der Waals surface area contributed by atoms with Crippen molar-refractivity contribution < 1.29 is 23.8 Å². The molecule has 0 spiro atoms. The number of benzene rings is 1. The van der Waals surface area contributed by atoms with E-state index < -0.39 is 12.0 Å². The van der Waals surface area contributed by atoms with Crippen molar-refractivity contribution in [3.8, 4) is 11.5 Å². The summed E-state index contributed by atoms with van der Waals surface area (Å²) < 4.78 is 17.2. The third-order valence-corrected chi connectivity index (χ3v) is 4.82.